The number of halogens is 1. The molecule has 2 amide bonds. The van der Waals surface area contributed by atoms with E-state index in [1.54, 1.807) is 34.1 Å². The van der Waals surface area contributed by atoms with E-state index in [2.05, 4.69) is 48.2 Å². The van der Waals surface area contributed by atoms with Crippen LogP contribution < -0.4 is 10.1 Å². The summed E-state index contributed by atoms with van der Waals surface area (Å²) in [6.45, 7) is 5.27. The molecule has 4 heterocycles. The number of nitrogens with zero attached hydrogens (tertiary/aromatic N) is 6. The maximum Gasteiger partial charge on any atom is 0.248 e. The molecule has 1 saturated carbocycles. The van der Waals surface area contributed by atoms with Crippen LogP contribution in [-0.2, 0) is 16.1 Å². The fourth-order valence-electron chi connectivity index (χ4n) is 5.72. The molecule has 210 valence electrons. The van der Waals surface area contributed by atoms with Crippen molar-refractivity contribution in [3.8, 4) is 16.9 Å². The summed E-state index contributed by atoms with van der Waals surface area (Å²) in [7, 11) is 1.54. The number of hydrogen-bond donors (Lipinski definition) is 1. The Morgan fingerprint density at radius 2 is 1.88 bits per heavy atom. The van der Waals surface area contributed by atoms with E-state index in [-0.39, 0.29) is 41.3 Å². The number of anilines is 1. The largest absolute Gasteiger partial charge is 0.497 e. The van der Waals surface area contributed by atoms with Crippen molar-refractivity contribution in [2.24, 2.45) is 5.41 Å². The van der Waals surface area contributed by atoms with E-state index >= 15 is 0 Å². The molecule has 1 aliphatic heterocycles. The predicted octanol–water partition coefficient (Wildman–Crippen LogP) is 4.19. The molecule has 4 aromatic rings. The third-order valence-electron chi connectivity index (χ3n) is 7.96. The van der Waals surface area contributed by atoms with E-state index in [1.165, 1.54) is 14.0 Å². The summed E-state index contributed by atoms with van der Waals surface area (Å²) in [5.74, 6) is 0.799. The van der Waals surface area contributed by atoms with Gasteiger partial charge in [0.15, 0.2) is 5.78 Å². The summed E-state index contributed by atoms with van der Waals surface area (Å²) in [4.78, 5) is 54.3. The van der Waals surface area contributed by atoms with Gasteiger partial charge >= 0.3 is 0 Å². The Balaban J connectivity index is 1.28. The van der Waals surface area contributed by atoms with E-state index in [0.29, 0.717) is 39.3 Å². The van der Waals surface area contributed by atoms with Crippen molar-refractivity contribution in [2.75, 3.05) is 12.4 Å². The van der Waals surface area contributed by atoms with Crippen LogP contribution in [0.2, 0.25) is 0 Å². The fraction of sp³-hybridized carbons (Fsp3) is 0.345. The molecule has 11 nitrogen and oxygen atoms in total. The van der Waals surface area contributed by atoms with Gasteiger partial charge < -0.3 is 15.0 Å². The Labute approximate surface area is 244 Å². The number of pyridine rings is 1. The summed E-state index contributed by atoms with van der Waals surface area (Å²) >= 11 is 3.33. The number of Topliss-reactive ketones (excluding diaryl/α,β-unsaturated/α-hetero) is 1. The highest BCUT2D eigenvalue weighted by atomic mass is 79.9. The van der Waals surface area contributed by atoms with Crippen LogP contribution in [0.3, 0.4) is 0 Å². The highest BCUT2D eigenvalue weighted by molar-refractivity contribution is 9.10. The summed E-state index contributed by atoms with van der Waals surface area (Å²) in [6, 6.07) is 8.25. The Hall–Kier alpha value is -4.19. The number of fused-ring (bicyclic) bond motifs is 2. The minimum Gasteiger partial charge on any atom is -0.497 e. The van der Waals surface area contributed by atoms with Crippen LogP contribution >= 0.6 is 15.9 Å². The number of amides is 2. The van der Waals surface area contributed by atoms with Gasteiger partial charge in [-0.2, -0.15) is 5.10 Å². The number of piperidine rings is 1. The van der Waals surface area contributed by atoms with E-state index in [0.717, 1.165) is 17.5 Å². The maximum atomic E-state index is 13.8. The first-order chi connectivity index (χ1) is 19.6. The highest BCUT2D eigenvalue weighted by Gasteiger charge is 2.64. The van der Waals surface area contributed by atoms with Crippen LogP contribution in [0.5, 0.6) is 5.75 Å². The maximum absolute atomic E-state index is 13.8. The smallest absolute Gasteiger partial charge is 0.248 e. The number of ketones is 1. The van der Waals surface area contributed by atoms with Crippen LogP contribution in [0.15, 0.2) is 47.3 Å². The lowest BCUT2D eigenvalue weighted by atomic mass is 10.0. The standard InChI is InChI=1S/C29H28BrN7O4/c1-15(38)27-20-7-17(18-12-31-16(2)32-13-18)5-6-21(20)36(35-27)14-26(39)37-22(10-29(3)11-23(29)37)28(40)34-25-9-19(41-4)8-24(30)33-25/h5-9,12-13,22-23H,10-11,14H2,1-4H3,(H,33,34,40)/t22-,23?,29-/m0/s1. The van der Waals surface area contributed by atoms with Crippen LogP contribution in [0, 0.1) is 12.3 Å². The average molecular weight is 618 g/mol. The number of aromatic nitrogens is 5. The molecule has 1 unspecified atom stereocenters. The number of carbonyl (C=O) groups excluding carboxylic acids is 3. The first-order valence-corrected chi connectivity index (χ1v) is 14.0. The molecule has 3 atom stereocenters. The average Bonchev–Trinajstić information content (AvgIpc) is 3.30. The molecule has 1 aliphatic carbocycles. The minimum atomic E-state index is -0.653. The molecule has 1 aromatic carbocycles. The molecular formula is C29H28BrN7O4. The van der Waals surface area contributed by atoms with Crippen molar-refractivity contribution < 1.29 is 19.1 Å². The highest BCUT2D eigenvalue weighted by Crippen LogP contribution is 2.59. The molecule has 1 saturated heterocycles. The molecule has 2 aliphatic rings. The summed E-state index contributed by atoms with van der Waals surface area (Å²) < 4.78 is 7.35. The van der Waals surface area contributed by atoms with Crippen molar-refractivity contribution in [1.29, 1.82) is 0 Å². The molecule has 0 bridgehead atoms. The summed E-state index contributed by atoms with van der Waals surface area (Å²) in [5, 5.41) is 8.02. The fourth-order valence-corrected chi connectivity index (χ4v) is 6.13. The predicted molar refractivity (Wildman–Crippen MR) is 154 cm³/mol. The number of nitrogens with one attached hydrogen (secondary N) is 1. The van der Waals surface area contributed by atoms with Gasteiger partial charge in [-0.25, -0.2) is 15.0 Å². The second-order valence-corrected chi connectivity index (χ2v) is 11.7. The Morgan fingerprint density at radius 1 is 1.12 bits per heavy atom. The van der Waals surface area contributed by atoms with Crippen molar-refractivity contribution in [1.82, 2.24) is 29.6 Å². The quantitative estimate of drug-likeness (QED) is 0.241. The second-order valence-electron chi connectivity index (χ2n) is 10.9. The number of likely N-dealkylation sites (tertiary alicyclic amines) is 1. The molecule has 6 rings (SSSR count). The van der Waals surface area contributed by atoms with Gasteiger partial charge in [0.25, 0.3) is 0 Å². The lowest BCUT2D eigenvalue weighted by Gasteiger charge is -2.27. The molecule has 0 spiro atoms. The molecule has 12 heteroatoms. The molecule has 2 fully saturated rings. The van der Waals surface area contributed by atoms with Gasteiger partial charge in [-0.3, -0.25) is 19.1 Å². The number of carbonyl (C=O) groups is 3. The third-order valence-corrected chi connectivity index (χ3v) is 8.37. The van der Waals surface area contributed by atoms with Gasteiger partial charge in [-0.15, -0.1) is 0 Å². The number of aryl methyl sites for hydroxylation is 1. The normalized spacial score (nSPS) is 21.0. The number of methoxy groups -OCH3 is 1. The molecule has 3 aromatic heterocycles. The van der Waals surface area contributed by atoms with Gasteiger partial charge in [-0.05, 0) is 58.8 Å². The first kappa shape index (κ1) is 27.0. The van der Waals surface area contributed by atoms with E-state index in [9.17, 15) is 14.4 Å². The van der Waals surface area contributed by atoms with E-state index in [4.69, 9.17) is 4.74 Å². The monoisotopic (exact) mass is 617 g/mol. The van der Waals surface area contributed by atoms with Crippen molar-refractivity contribution >= 4 is 50.2 Å². The van der Waals surface area contributed by atoms with Gasteiger partial charge in [0, 0.05) is 48.4 Å². The Bertz CT molecular complexity index is 1720. The molecule has 0 radical (unpaired) electrons. The molecule has 41 heavy (non-hydrogen) atoms. The summed E-state index contributed by atoms with van der Waals surface area (Å²) in [6.07, 6.45) is 4.86. The third kappa shape index (κ3) is 4.96. The first-order valence-electron chi connectivity index (χ1n) is 13.2. The number of benzene rings is 1. The van der Waals surface area contributed by atoms with Crippen molar-refractivity contribution in [2.45, 2.75) is 52.2 Å². The van der Waals surface area contributed by atoms with Gasteiger partial charge in [0.05, 0.1) is 12.6 Å². The zero-order valence-corrected chi connectivity index (χ0v) is 24.6. The van der Waals surface area contributed by atoms with E-state index in [1.807, 2.05) is 25.1 Å². The second kappa shape index (κ2) is 10.0. The Kier molecular flexibility index (Phi) is 6.60. The number of rotatable bonds is 7. The van der Waals surface area contributed by atoms with Crippen LogP contribution in [0.1, 0.15) is 43.0 Å². The zero-order valence-electron chi connectivity index (χ0n) is 23.0. The lowest BCUT2D eigenvalue weighted by molar-refractivity contribution is -0.138. The van der Waals surface area contributed by atoms with Crippen molar-refractivity contribution in [3.63, 3.8) is 0 Å². The molecule has 1 N–H and O–H groups in total. The van der Waals surface area contributed by atoms with Gasteiger partial charge in [-0.1, -0.05) is 13.0 Å². The molecular weight excluding hydrogens is 590 g/mol. The van der Waals surface area contributed by atoms with Gasteiger partial charge in [0.1, 0.15) is 40.3 Å². The Morgan fingerprint density at radius 3 is 2.59 bits per heavy atom. The van der Waals surface area contributed by atoms with E-state index < -0.39 is 6.04 Å². The van der Waals surface area contributed by atoms with Crippen LogP contribution in [0.4, 0.5) is 5.82 Å². The zero-order chi connectivity index (χ0) is 29.1. The SMILES string of the molecule is COc1cc(Br)nc(NC(=O)[C@@H]2C[C@@]3(C)CC3N2C(=O)Cn2nc(C(C)=O)c3cc(-c4cnc(C)nc4)ccc32)c1. The topological polar surface area (TPSA) is 132 Å². The van der Waals surface area contributed by atoms with Crippen molar-refractivity contribution in [3.05, 3.63) is 58.8 Å². The number of ether oxygens (including phenoxy) is 1. The van der Waals surface area contributed by atoms with Crippen LogP contribution in [-0.4, -0.2) is 66.4 Å². The van der Waals surface area contributed by atoms with Gasteiger partial charge in [0.2, 0.25) is 11.8 Å². The lowest BCUT2D eigenvalue weighted by Crippen LogP contribution is -2.46. The summed E-state index contributed by atoms with van der Waals surface area (Å²) in [5.41, 5.74) is 2.48. The van der Waals surface area contributed by atoms with Crippen LogP contribution in [0.25, 0.3) is 22.0 Å². The minimum absolute atomic E-state index is 0.0296. The number of hydrogen-bond acceptors (Lipinski definition) is 8.